The summed E-state index contributed by atoms with van der Waals surface area (Å²) in [6.07, 6.45) is 3.13. The van der Waals surface area contributed by atoms with Crippen LogP contribution in [0.3, 0.4) is 0 Å². The number of nitrogen functional groups attached to an aromatic ring is 1. The second-order valence-electron chi connectivity index (χ2n) is 5.94. The Balaban J connectivity index is 2.82. The molecule has 0 aliphatic rings. The van der Waals surface area contributed by atoms with Crippen molar-refractivity contribution in [1.82, 2.24) is 15.3 Å². The zero-order valence-electron chi connectivity index (χ0n) is 12.9. The maximum absolute atomic E-state index is 12.1. The summed E-state index contributed by atoms with van der Waals surface area (Å²) in [6.45, 7) is 9.70. The van der Waals surface area contributed by atoms with Crippen molar-refractivity contribution in [2.75, 3.05) is 11.1 Å². The van der Waals surface area contributed by atoms with Crippen LogP contribution in [0.25, 0.3) is 0 Å². The molecule has 0 radical (unpaired) electrons. The normalized spacial score (nSPS) is 12.8. The van der Waals surface area contributed by atoms with Crippen LogP contribution in [0, 0.1) is 0 Å². The number of amides is 1. The average molecular weight is 279 g/mol. The van der Waals surface area contributed by atoms with E-state index in [1.54, 1.807) is 6.92 Å². The smallest absolute Gasteiger partial charge is 0.242 e. The number of anilines is 2. The van der Waals surface area contributed by atoms with Crippen molar-refractivity contribution in [3.8, 4) is 0 Å². The largest absolute Gasteiger partial charge is 0.383 e. The Morgan fingerprint density at radius 1 is 1.40 bits per heavy atom. The Hall–Kier alpha value is -1.85. The molecule has 1 amide bonds. The van der Waals surface area contributed by atoms with Gasteiger partial charge in [-0.1, -0.05) is 13.3 Å². The summed E-state index contributed by atoms with van der Waals surface area (Å²) in [5.41, 5.74) is 6.48. The van der Waals surface area contributed by atoms with Crippen LogP contribution in [0.15, 0.2) is 6.33 Å². The number of nitrogens with one attached hydrogen (secondary N) is 2. The second kappa shape index (κ2) is 6.54. The molecule has 6 heteroatoms. The van der Waals surface area contributed by atoms with Crippen LogP contribution in [-0.2, 0) is 11.2 Å². The van der Waals surface area contributed by atoms with Gasteiger partial charge in [0.2, 0.25) is 5.91 Å². The molecule has 112 valence electrons. The van der Waals surface area contributed by atoms with E-state index >= 15 is 0 Å². The highest BCUT2D eigenvalue weighted by Crippen LogP contribution is 2.19. The molecule has 0 bridgehead atoms. The topological polar surface area (TPSA) is 92.9 Å². The first kappa shape index (κ1) is 16.2. The van der Waals surface area contributed by atoms with Gasteiger partial charge in [-0.05, 0) is 34.1 Å². The van der Waals surface area contributed by atoms with Crippen molar-refractivity contribution in [3.05, 3.63) is 11.9 Å². The molecular formula is C14H25N5O. The first-order valence-electron chi connectivity index (χ1n) is 6.92. The first-order valence-corrected chi connectivity index (χ1v) is 6.92. The van der Waals surface area contributed by atoms with Crippen molar-refractivity contribution in [2.45, 2.75) is 59.0 Å². The molecule has 0 aromatic carbocycles. The molecule has 1 aromatic heterocycles. The lowest BCUT2D eigenvalue weighted by molar-refractivity contribution is -0.122. The van der Waals surface area contributed by atoms with E-state index in [1.807, 2.05) is 20.8 Å². The van der Waals surface area contributed by atoms with Crippen LogP contribution in [0.4, 0.5) is 11.6 Å². The molecule has 1 atom stereocenters. The minimum Gasteiger partial charge on any atom is -0.383 e. The van der Waals surface area contributed by atoms with E-state index in [-0.39, 0.29) is 17.5 Å². The lowest BCUT2D eigenvalue weighted by atomic mass is 10.1. The van der Waals surface area contributed by atoms with Gasteiger partial charge in [0.25, 0.3) is 0 Å². The van der Waals surface area contributed by atoms with Gasteiger partial charge in [-0.2, -0.15) is 0 Å². The summed E-state index contributed by atoms with van der Waals surface area (Å²) in [5.74, 6) is 1.03. The zero-order chi connectivity index (χ0) is 15.3. The number of rotatable bonds is 5. The van der Waals surface area contributed by atoms with E-state index < -0.39 is 0 Å². The van der Waals surface area contributed by atoms with E-state index in [2.05, 4.69) is 27.5 Å². The Bertz CT molecular complexity index is 467. The van der Waals surface area contributed by atoms with Crippen molar-refractivity contribution < 1.29 is 4.79 Å². The third kappa shape index (κ3) is 4.68. The SMILES string of the molecule is CCCc1c(N)ncnc1NC(C)C(=O)NC(C)(C)C. The van der Waals surface area contributed by atoms with Crippen LogP contribution in [0.5, 0.6) is 0 Å². The van der Waals surface area contributed by atoms with Crippen molar-refractivity contribution >= 4 is 17.5 Å². The minimum absolute atomic E-state index is 0.0721. The molecule has 0 spiro atoms. The second-order valence-corrected chi connectivity index (χ2v) is 5.94. The molecule has 4 N–H and O–H groups in total. The lowest BCUT2D eigenvalue weighted by Crippen LogP contribution is -2.47. The molecular weight excluding hydrogens is 254 g/mol. The number of hydrogen-bond acceptors (Lipinski definition) is 5. The van der Waals surface area contributed by atoms with Crippen molar-refractivity contribution in [1.29, 1.82) is 0 Å². The van der Waals surface area contributed by atoms with Crippen LogP contribution in [-0.4, -0.2) is 27.5 Å². The van der Waals surface area contributed by atoms with Gasteiger partial charge in [0.15, 0.2) is 0 Å². The number of aromatic nitrogens is 2. The predicted molar refractivity (Wildman–Crippen MR) is 81.4 cm³/mol. The molecule has 0 aliphatic heterocycles. The van der Waals surface area contributed by atoms with E-state index in [1.165, 1.54) is 6.33 Å². The van der Waals surface area contributed by atoms with Crippen LogP contribution < -0.4 is 16.4 Å². The third-order valence-electron chi connectivity index (χ3n) is 2.72. The number of carbonyl (C=O) groups is 1. The summed E-state index contributed by atoms with van der Waals surface area (Å²) in [6, 6.07) is -0.390. The molecule has 1 rings (SSSR count). The highest BCUT2D eigenvalue weighted by atomic mass is 16.2. The molecule has 1 aromatic rings. The highest BCUT2D eigenvalue weighted by Gasteiger charge is 2.20. The van der Waals surface area contributed by atoms with Gasteiger partial charge in [0.1, 0.15) is 24.0 Å². The van der Waals surface area contributed by atoms with Crippen LogP contribution >= 0.6 is 0 Å². The summed E-state index contributed by atoms with van der Waals surface area (Å²) in [7, 11) is 0. The van der Waals surface area contributed by atoms with Gasteiger partial charge in [-0.15, -0.1) is 0 Å². The van der Waals surface area contributed by atoms with Gasteiger partial charge < -0.3 is 16.4 Å². The zero-order valence-corrected chi connectivity index (χ0v) is 12.9. The number of nitrogens with zero attached hydrogens (tertiary/aromatic N) is 2. The van der Waals surface area contributed by atoms with Gasteiger partial charge in [-0.25, -0.2) is 9.97 Å². The van der Waals surface area contributed by atoms with E-state index in [4.69, 9.17) is 5.73 Å². The first-order chi connectivity index (χ1) is 9.24. The maximum atomic E-state index is 12.1. The molecule has 1 unspecified atom stereocenters. The molecule has 1 heterocycles. The molecule has 0 saturated heterocycles. The predicted octanol–water partition coefficient (Wildman–Crippen LogP) is 1.73. The van der Waals surface area contributed by atoms with Gasteiger partial charge in [0.05, 0.1) is 0 Å². The molecule has 0 fully saturated rings. The van der Waals surface area contributed by atoms with Crippen molar-refractivity contribution in [2.24, 2.45) is 0 Å². The summed E-state index contributed by atoms with van der Waals surface area (Å²) < 4.78 is 0. The maximum Gasteiger partial charge on any atom is 0.242 e. The highest BCUT2D eigenvalue weighted by molar-refractivity contribution is 5.84. The average Bonchev–Trinajstić information content (AvgIpc) is 2.31. The van der Waals surface area contributed by atoms with Crippen LogP contribution in [0.2, 0.25) is 0 Å². The molecule has 0 saturated carbocycles. The monoisotopic (exact) mass is 279 g/mol. The van der Waals surface area contributed by atoms with Crippen molar-refractivity contribution in [3.63, 3.8) is 0 Å². The van der Waals surface area contributed by atoms with E-state index in [0.717, 1.165) is 18.4 Å². The Morgan fingerprint density at radius 3 is 2.60 bits per heavy atom. The quantitative estimate of drug-likeness (QED) is 0.763. The summed E-state index contributed by atoms with van der Waals surface area (Å²) >= 11 is 0. The fraction of sp³-hybridized carbons (Fsp3) is 0.643. The number of carbonyl (C=O) groups excluding carboxylic acids is 1. The minimum atomic E-state index is -0.390. The fourth-order valence-electron chi connectivity index (χ4n) is 1.80. The standard InChI is InChI=1S/C14H25N5O/c1-6-7-10-11(15)16-8-17-12(10)18-9(2)13(20)19-14(3,4)5/h8-9H,6-7H2,1-5H3,(H,19,20)(H3,15,16,17,18). The third-order valence-corrected chi connectivity index (χ3v) is 2.72. The Labute approximate surface area is 120 Å². The lowest BCUT2D eigenvalue weighted by Gasteiger charge is -2.24. The van der Waals surface area contributed by atoms with Gasteiger partial charge >= 0.3 is 0 Å². The fourth-order valence-corrected chi connectivity index (χ4v) is 1.80. The molecule has 6 nitrogen and oxygen atoms in total. The number of hydrogen-bond donors (Lipinski definition) is 3. The number of nitrogens with two attached hydrogens (primary N) is 1. The molecule has 20 heavy (non-hydrogen) atoms. The molecule has 0 aliphatic carbocycles. The van der Waals surface area contributed by atoms with Crippen LogP contribution in [0.1, 0.15) is 46.6 Å². The van der Waals surface area contributed by atoms with E-state index in [0.29, 0.717) is 11.6 Å². The Kier molecular flexibility index (Phi) is 5.30. The van der Waals surface area contributed by atoms with Gasteiger partial charge in [-0.3, -0.25) is 4.79 Å². The van der Waals surface area contributed by atoms with E-state index in [9.17, 15) is 4.79 Å². The van der Waals surface area contributed by atoms with Gasteiger partial charge in [0, 0.05) is 11.1 Å². The summed E-state index contributed by atoms with van der Waals surface area (Å²) in [4.78, 5) is 20.3. The summed E-state index contributed by atoms with van der Waals surface area (Å²) in [5, 5.41) is 6.04. The Morgan fingerprint density at radius 2 is 2.05 bits per heavy atom.